The first kappa shape index (κ1) is 10.4. The second-order valence-corrected chi connectivity index (χ2v) is 5.42. The van der Waals surface area contributed by atoms with Gasteiger partial charge in [0.2, 0.25) is 0 Å². The van der Waals surface area contributed by atoms with Crippen molar-refractivity contribution in [3.8, 4) is 0 Å². The van der Waals surface area contributed by atoms with Crippen LogP contribution in [0.3, 0.4) is 0 Å². The molecule has 2 aliphatic rings. The van der Waals surface area contributed by atoms with E-state index in [2.05, 4.69) is 24.1 Å². The van der Waals surface area contributed by atoms with Gasteiger partial charge in [-0.05, 0) is 50.7 Å². The van der Waals surface area contributed by atoms with Crippen LogP contribution in [0.1, 0.15) is 39.5 Å². The second-order valence-electron chi connectivity index (χ2n) is 5.42. The van der Waals surface area contributed by atoms with Crippen molar-refractivity contribution in [2.75, 3.05) is 26.2 Å². The van der Waals surface area contributed by atoms with Crippen LogP contribution in [0.2, 0.25) is 0 Å². The van der Waals surface area contributed by atoms with Crippen molar-refractivity contribution < 1.29 is 0 Å². The van der Waals surface area contributed by atoms with E-state index in [9.17, 15) is 0 Å². The molecule has 1 heterocycles. The van der Waals surface area contributed by atoms with Crippen molar-refractivity contribution in [1.29, 1.82) is 0 Å². The van der Waals surface area contributed by atoms with Gasteiger partial charge < -0.3 is 10.2 Å². The highest BCUT2D eigenvalue weighted by Gasteiger charge is 2.39. The van der Waals surface area contributed by atoms with Crippen LogP contribution >= 0.6 is 0 Å². The third-order valence-corrected chi connectivity index (χ3v) is 3.79. The molecule has 2 heteroatoms. The zero-order valence-corrected chi connectivity index (χ0v) is 9.68. The molecule has 0 bridgehead atoms. The maximum absolute atomic E-state index is 3.56. The molecule has 0 spiro atoms. The fourth-order valence-corrected chi connectivity index (χ4v) is 2.50. The van der Waals surface area contributed by atoms with Crippen LogP contribution in [0.15, 0.2) is 0 Å². The Morgan fingerprint density at radius 2 is 1.93 bits per heavy atom. The van der Waals surface area contributed by atoms with Crippen LogP contribution in [0, 0.1) is 5.41 Å². The maximum atomic E-state index is 3.56. The molecular formula is C12H24N2. The van der Waals surface area contributed by atoms with Gasteiger partial charge in [0.25, 0.3) is 0 Å². The molecule has 1 aliphatic carbocycles. The minimum Gasteiger partial charge on any atom is -0.314 e. The van der Waals surface area contributed by atoms with Crippen molar-refractivity contribution in [2.24, 2.45) is 5.41 Å². The van der Waals surface area contributed by atoms with Crippen LogP contribution in [0.25, 0.3) is 0 Å². The molecule has 0 unspecified atom stereocenters. The average Bonchev–Trinajstić information content (AvgIpc) is 2.88. The fraction of sp³-hybridized carbons (Fsp3) is 1.00. The summed E-state index contributed by atoms with van der Waals surface area (Å²) in [4.78, 5) is 2.67. The smallest absolute Gasteiger partial charge is 0.00912 e. The van der Waals surface area contributed by atoms with Crippen molar-refractivity contribution in [1.82, 2.24) is 10.2 Å². The average molecular weight is 196 g/mol. The molecule has 0 amide bonds. The summed E-state index contributed by atoms with van der Waals surface area (Å²) >= 11 is 0. The number of rotatable bonds is 4. The highest BCUT2D eigenvalue weighted by Crippen LogP contribution is 2.45. The van der Waals surface area contributed by atoms with Crippen LogP contribution in [-0.2, 0) is 0 Å². The van der Waals surface area contributed by atoms with Gasteiger partial charge in [-0.1, -0.05) is 13.8 Å². The summed E-state index contributed by atoms with van der Waals surface area (Å²) in [6.45, 7) is 9.75. The fourth-order valence-electron chi connectivity index (χ4n) is 2.50. The van der Waals surface area contributed by atoms with Crippen molar-refractivity contribution in [3.05, 3.63) is 0 Å². The number of hydrogen-bond acceptors (Lipinski definition) is 2. The number of nitrogens with one attached hydrogen (secondary N) is 1. The van der Waals surface area contributed by atoms with E-state index in [1.807, 2.05) is 0 Å². The summed E-state index contributed by atoms with van der Waals surface area (Å²) in [5.74, 6) is 0. The summed E-state index contributed by atoms with van der Waals surface area (Å²) in [5, 5.41) is 3.56. The van der Waals surface area contributed by atoms with E-state index in [1.54, 1.807) is 0 Å². The van der Waals surface area contributed by atoms with Crippen molar-refractivity contribution >= 4 is 0 Å². The Morgan fingerprint density at radius 1 is 1.29 bits per heavy atom. The van der Waals surface area contributed by atoms with Crippen molar-refractivity contribution in [3.63, 3.8) is 0 Å². The standard InChI is InChI=1S/C12H24N2/c1-3-13-11-4-8-14(9-5-11)10-12(2)6-7-12/h11,13H,3-10H2,1-2H3. The molecule has 2 fully saturated rings. The molecule has 14 heavy (non-hydrogen) atoms. The summed E-state index contributed by atoms with van der Waals surface area (Å²) in [7, 11) is 0. The molecule has 0 aromatic carbocycles. The van der Waals surface area contributed by atoms with Crippen LogP contribution < -0.4 is 5.32 Å². The Labute approximate surface area is 88.1 Å². The summed E-state index contributed by atoms with van der Waals surface area (Å²) in [6, 6.07) is 0.795. The third-order valence-electron chi connectivity index (χ3n) is 3.79. The van der Waals surface area contributed by atoms with Gasteiger partial charge in [0.1, 0.15) is 0 Å². The summed E-state index contributed by atoms with van der Waals surface area (Å²) in [5.41, 5.74) is 0.699. The molecule has 2 nitrogen and oxygen atoms in total. The SMILES string of the molecule is CCNC1CCN(CC2(C)CC2)CC1. The molecule has 0 radical (unpaired) electrons. The molecule has 1 saturated carbocycles. The van der Waals surface area contributed by atoms with Gasteiger partial charge in [-0.25, -0.2) is 0 Å². The molecule has 1 saturated heterocycles. The second kappa shape index (κ2) is 4.19. The van der Waals surface area contributed by atoms with E-state index in [0.29, 0.717) is 5.41 Å². The lowest BCUT2D eigenvalue weighted by molar-refractivity contribution is 0.170. The van der Waals surface area contributed by atoms with Gasteiger partial charge in [0.05, 0.1) is 0 Å². The van der Waals surface area contributed by atoms with E-state index in [1.165, 1.54) is 45.3 Å². The highest BCUT2D eigenvalue weighted by molar-refractivity contribution is 4.92. The Balaban J connectivity index is 1.68. The Bertz CT molecular complexity index is 179. The van der Waals surface area contributed by atoms with Gasteiger partial charge in [-0.2, -0.15) is 0 Å². The largest absolute Gasteiger partial charge is 0.314 e. The van der Waals surface area contributed by atoms with E-state index in [-0.39, 0.29) is 0 Å². The van der Waals surface area contributed by atoms with Crippen molar-refractivity contribution in [2.45, 2.75) is 45.6 Å². The molecule has 0 aromatic rings. The van der Waals surface area contributed by atoms with E-state index in [4.69, 9.17) is 0 Å². The highest BCUT2D eigenvalue weighted by atomic mass is 15.2. The molecule has 1 N–H and O–H groups in total. The van der Waals surface area contributed by atoms with Gasteiger partial charge >= 0.3 is 0 Å². The summed E-state index contributed by atoms with van der Waals surface area (Å²) in [6.07, 6.45) is 5.62. The first-order chi connectivity index (χ1) is 6.72. The molecule has 1 aliphatic heterocycles. The van der Waals surface area contributed by atoms with Gasteiger partial charge in [0.15, 0.2) is 0 Å². The lowest BCUT2D eigenvalue weighted by Crippen LogP contribution is -2.43. The maximum Gasteiger partial charge on any atom is 0.00912 e. The van der Waals surface area contributed by atoms with E-state index >= 15 is 0 Å². The van der Waals surface area contributed by atoms with E-state index in [0.717, 1.165) is 12.6 Å². The Hall–Kier alpha value is -0.0800. The topological polar surface area (TPSA) is 15.3 Å². The number of piperidine rings is 1. The molecule has 0 atom stereocenters. The Kier molecular flexibility index (Phi) is 3.13. The predicted octanol–water partition coefficient (Wildman–Crippen LogP) is 1.86. The van der Waals surface area contributed by atoms with Gasteiger partial charge in [-0.3, -0.25) is 0 Å². The third kappa shape index (κ3) is 2.71. The first-order valence-electron chi connectivity index (χ1n) is 6.18. The van der Waals surface area contributed by atoms with Gasteiger partial charge in [-0.15, -0.1) is 0 Å². The van der Waals surface area contributed by atoms with Crippen LogP contribution in [-0.4, -0.2) is 37.1 Å². The number of likely N-dealkylation sites (tertiary alicyclic amines) is 1. The normalized spacial score (nSPS) is 27.9. The molecule has 82 valence electrons. The quantitative estimate of drug-likeness (QED) is 0.738. The Morgan fingerprint density at radius 3 is 2.43 bits per heavy atom. The minimum atomic E-state index is 0.699. The van der Waals surface area contributed by atoms with Crippen LogP contribution in [0.5, 0.6) is 0 Å². The molecule has 0 aromatic heterocycles. The lowest BCUT2D eigenvalue weighted by atomic mass is 10.0. The predicted molar refractivity (Wildman–Crippen MR) is 60.5 cm³/mol. The number of hydrogen-bond donors (Lipinski definition) is 1. The first-order valence-corrected chi connectivity index (χ1v) is 6.18. The number of nitrogens with zero attached hydrogens (tertiary/aromatic N) is 1. The van der Waals surface area contributed by atoms with Crippen LogP contribution in [0.4, 0.5) is 0 Å². The van der Waals surface area contributed by atoms with Gasteiger partial charge in [0, 0.05) is 12.6 Å². The molecular weight excluding hydrogens is 172 g/mol. The van der Waals surface area contributed by atoms with E-state index < -0.39 is 0 Å². The molecule has 2 rings (SSSR count). The summed E-state index contributed by atoms with van der Waals surface area (Å²) < 4.78 is 0. The zero-order valence-electron chi connectivity index (χ0n) is 9.68. The minimum absolute atomic E-state index is 0.699. The zero-order chi connectivity index (χ0) is 10.0. The lowest BCUT2D eigenvalue weighted by Gasteiger charge is -2.33. The monoisotopic (exact) mass is 196 g/mol.